The van der Waals surface area contributed by atoms with Gasteiger partial charge in [-0.1, -0.05) is 36.4 Å². The van der Waals surface area contributed by atoms with E-state index in [9.17, 15) is 0 Å². The van der Waals surface area contributed by atoms with E-state index >= 15 is 0 Å². The van der Waals surface area contributed by atoms with Gasteiger partial charge in [-0.2, -0.15) is 0 Å². The van der Waals surface area contributed by atoms with Crippen molar-refractivity contribution in [1.29, 1.82) is 0 Å². The highest BCUT2D eigenvalue weighted by Gasteiger charge is 2.25. The fourth-order valence-corrected chi connectivity index (χ4v) is 4.08. The van der Waals surface area contributed by atoms with Crippen LogP contribution in [0.2, 0.25) is 0 Å². The van der Waals surface area contributed by atoms with Crippen molar-refractivity contribution in [2.24, 2.45) is 0 Å². The lowest BCUT2D eigenvalue weighted by Crippen LogP contribution is -2.11. The highest BCUT2D eigenvalue weighted by atomic mass is 14.7. The molecule has 0 bridgehead atoms. The molecule has 1 atom stereocenters. The molecular formula is C20H18N2. The zero-order chi connectivity index (χ0) is 14.5. The Bertz CT molecular complexity index is 974. The van der Waals surface area contributed by atoms with Gasteiger partial charge in [0.2, 0.25) is 0 Å². The number of hydrogen-bond donors (Lipinski definition) is 2. The lowest BCUT2D eigenvalue weighted by molar-refractivity contribution is 0.584. The molecule has 1 aliphatic carbocycles. The molecule has 1 aliphatic rings. The Balaban J connectivity index is 1.59. The molecule has 2 N–H and O–H groups in total. The average Bonchev–Trinajstić information content (AvgIpc) is 3.15. The second-order valence-corrected chi connectivity index (χ2v) is 6.36. The summed E-state index contributed by atoms with van der Waals surface area (Å²) in [5.41, 5.74) is 6.97. The summed E-state index contributed by atoms with van der Waals surface area (Å²) in [6, 6.07) is 17.3. The molecule has 0 amide bonds. The summed E-state index contributed by atoms with van der Waals surface area (Å²) in [6.45, 7) is 0. The molecule has 2 heteroatoms. The molecule has 1 unspecified atom stereocenters. The summed E-state index contributed by atoms with van der Waals surface area (Å²) >= 11 is 0. The molecular weight excluding hydrogens is 268 g/mol. The minimum absolute atomic E-state index is 0.608. The number of rotatable bonds is 1. The molecule has 4 aromatic rings. The molecule has 2 heterocycles. The lowest BCUT2D eigenvalue weighted by atomic mass is 9.82. The molecule has 0 aliphatic heterocycles. The molecule has 0 radical (unpaired) electrons. The van der Waals surface area contributed by atoms with E-state index in [-0.39, 0.29) is 0 Å². The third-order valence-corrected chi connectivity index (χ3v) is 5.16. The molecule has 0 fully saturated rings. The Morgan fingerprint density at radius 3 is 2.55 bits per heavy atom. The number of aromatic nitrogens is 2. The third-order valence-electron chi connectivity index (χ3n) is 5.16. The van der Waals surface area contributed by atoms with Crippen LogP contribution in [0.4, 0.5) is 0 Å². The van der Waals surface area contributed by atoms with Gasteiger partial charge in [0.05, 0.1) is 0 Å². The van der Waals surface area contributed by atoms with Crippen LogP contribution in [0.3, 0.4) is 0 Å². The van der Waals surface area contributed by atoms with E-state index in [2.05, 4.69) is 64.7 Å². The zero-order valence-corrected chi connectivity index (χ0v) is 12.4. The first-order valence-electron chi connectivity index (χ1n) is 8.04. The van der Waals surface area contributed by atoms with Crippen LogP contribution in [0.1, 0.15) is 29.2 Å². The Morgan fingerprint density at radius 2 is 1.64 bits per heavy atom. The summed E-state index contributed by atoms with van der Waals surface area (Å²) < 4.78 is 0. The summed E-state index contributed by atoms with van der Waals surface area (Å²) in [5.74, 6) is 0.608. The van der Waals surface area contributed by atoms with E-state index in [4.69, 9.17) is 0 Å². The van der Waals surface area contributed by atoms with Gasteiger partial charge < -0.3 is 9.97 Å². The number of fused-ring (bicyclic) bond motifs is 4. The molecule has 0 saturated carbocycles. The van der Waals surface area contributed by atoms with Crippen LogP contribution >= 0.6 is 0 Å². The molecule has 0 spiro atoms. The zero-order valence-electron chi connectivity index (χ0n) is 12.4. The molecule has 2 aromatic heterocycles. The fraction of sp³-hybridized carbons (Fsp3) is 0.200. The first-order valence-corrected chi connectivity index (χ1v) is 8.04. The van der Waals surface area contributed by atoms with E-state index in [1.165, 1.54) is 51.5 Å². The van der Waals surface area contributed by atoms with Crippen molar-refractivity contribution < 1.29 is 0 Å². The van der Waals surface area contributed by atoms with E-state index in [1.807, 2.05) is 0 Å². The number of nitrogens with one attached hydrogen (secondary N) is 2. The quantitative estimate of drug-likeness (QED) is 0.497. The molecule has 2 aromatic carbocycles. The second kappa shape index (κ2) is 4.51. The SMILES string of the molecule is c1ccc2c(C3CCc4c([nH]c5ccccc45)C3)c[nH]c2c1. The standard InChI is InChI=1S/C20H18N2/c1-3-7-18-15(6-1)17(12-21-18)13-9-10-16-14-5-2-4-8-19(14)22-20(16)11-13/h1-8,12-13,21-22H,9-11H2. The third kappa shape index (κ3) is 1.67. The Morgan fingerprint density at radius 1 is 0.864 bits per heavy atom. The van der Waals surface area contributed by atoms with Crippen LogP contribution in [0.5, 0.6) is 0 Å². The van der Waals surface area contributed by atoms with Gasteiger partial charge in [0.25, 0.3) is 0 Å². The van der Waals surface area contributed by atoms with Gasteiger partial charge in [-0.05, 0) is 48.4 Å². The lowest BCUT2D eigenvalue weighted by Gasteiger charge is -2.22. The van der Waals surface area contributed by atoms with E-state index in [1.54, 1.807) is 0 Å². The monoisotopic (exact) mass is 286 g/mol. The van der Waals surface area contributed by atoms with Crippen molar-refractivity contribution in [3.8, 4) is 0 Å². The molecule has 5 rings (SSSR count). The van der Waals surface area contributed by atoms with Crippen LogP contribution in [0.15, 0.2) is 54.7 Å². The normalized spacial score (nSPS) is 17.9. The van der Waals surface area contributed by atoms with Gasteiger partial charge >= 0.3 is 0 Å². The van der Waals surface area contributed by atoms with Crippen LogP contribution < -0.4 is 0 Å². The van der Waals surface area contributed by atoms with Gasteiger partial charge in [-0.25, -0.2) is 0 Å². The summed E-state index contributed by atoms with van der Waals surface area (Å²) in [5, 5.41) is 2.79. The van der Waals surface area contributed by atoms with Crippen molar-refractivity contribution in [2.45, 2.75) is 25.2 Å². The highest BCUT2D eigenvalue weighted by Crippen LogP contribution is 2.38. The number of aromatic amines is 2. The number of para-hydroxylation sites is 2. The van der Waals surface area contributed by atoms with E-state index in [0.717, 1.165) is 6.42 Å². The molecule has 22 heavy (non-hydrogen) atoms. The Labute approximate surface area is 129 Å². The maximum Gasteiger partial charge on any atom is 0.0458 e. The highest BCUT2D eigenvalue weighted by molar-refractivity contribution is 5.86. The van der Waals surface area contributed by atoms with Gasteiger partial charge in [0, 0.05) is 33.7 Å². The number of aryl methyl sites for hydroxylation is 1. The summed E-state index contributed by atoms with van der Waals surface area (Å²) in [7, 11) is 0. The largest absolute Gasteiger partial charge is 0.361 e. The molecule has 2 nitrogen and oxygen atoms in total. The van der Waals surface area contributed by atoms with Crippen molar-refractivity contribution >= 4 is 21.8 Å². The molecule has 108 valence electrons. The topological polar surface area (TPSA) is 31.6 Å². The van der Waals surface area contributed by atoms with Gasteiger partial charge in [-0.15, -0.1) is 0 Å². The van der Waals surface area contributed by atoms with Gasteiger partial charge in [0.15, 0.2) is 0 Å². The predicted octanol–water partition coefficient (Wildman–Crippen LogP) is 4.92. The second-order valence-electron chi connectivity index (χ2n) is 6.36. The van der Waals surface area contributed by atoms with Crippen LogP contribution in [0, 0.1) is 0 Å². The van der Waals surface area contributed by atoms with E-state index in [0.29, 0.717) is 5.92 Å². The number of H-pyrrole nitrogens is 2. The summed E-state index contributed by atoms with van der Waals surface area (Å²) in [4.78, 5) is 7.07. The molecule has 0 saturated heterocycles. The summed E-state index contributed by atoms with van der Waals surface area (Å²) in [6.07, 6.45) is 5.73. The van der Waals surface area contributed by atoms with Crippen LogP contribution in [-0.4, -0.2) is 9.97 Å². The van der Waals surface area contributed by atoms with Crippen molar-refractivity contribution in [3.63, 3.8) is 0 Å². The van der Waals surface area contributed by atoms with Crippen LogP contribution in [0.25, 0.3) is 21.8 Å². The number of benzene rings is 2. The van der Waals surface area contributed by atoms with Crippen LogP contribution in [-0.2, 0) is 12.8 Å². The first-order chi connectivity index (χ1) is 10.9. The fourth-order valence-electron chi connectivity index (χ4n) is 4.08. The maximum atomic E-state index is 3.65. The van der Waals surface area contributed by atoms with Gasteiger partial charge in [0.1, 0.15) is 0 Å². The minimum Gasteiger partial charge on any atom is -0.361 e. The number of hydrogen-bond acceptors (Lipinski definition) is 0. The first kappa shape index (κ1) is 12.1. The Kier molecular flexibility index (Phi) is 2.48. The van der Waals surface area contributed by atoms with Crippen molar-refractivity contribution in [3.05, 3.63) is 71.5 Å². The minimum atomic E-state index is 0.608. The van der Waals surface area contributed by atoms with Crippen molar-refractivity contribution in [1.82, 2.24) is 9.97 Å². The maximum absolute atomic E-state index is 3.65. The van der Waals surface area contributed by atoms with Gasteiger partial charge in [-0.3, -0.25) is 0 Å². The Hall–Kier alpha value is -2.48. The van der Waals surface area contributed by atoms with Crippen molar-refractivity contribution in [2.75, 3.05) is 0 Å². The average molecular weight is 286 g/mol. The predicted molar refractivity (Wildman–Crippen MR) is 91.4 cm³/mol. The smallest absolute Gasteiger partial charge is 0.0458 e. The van der Waals surface area contributed by atoms with E-state index < -0.39 is 0 Å².